The molecule has 0 spiro atoms. The Balaban J connectivity index is 1.53. The minimum Gasteiger partial charge on any atom is -0.452 e. The number of ether oxygens (including phenoxy) is 1. The van der Waals surface area contributed by atoms with Gasteiger partial charge in [-0.25, -0.2) is 4.98 Å². The van der Waals surface area contributed by atoms with Gasteiger partial charge in [-0.2, -0.15) is 0 Å². The van der Waals surface area contributed by atoms with Crippen molar-refractivity contribution in [2.45, 2.75) is 19.4 Å². The predicted octanol–water partition coefficient (Wildman–Crippen LogP) is 4.11. The number of amides is 1. The lowest BCUT2D eigenvalue weighted by Crippen LogP contribution is -2.30. The van der Waals surface area contributed by atoms with Crippen LogP contribution >= 0.6 is 11.6 Å². The largest absolute Gasteiger partial charge is 0.452 e. The summed E-state index contributed by atoms with van der Waals surface area (Å²) in [6.07, 6.45) is 0.366. The Labute approximate surface area is 161 Å². The third-order valence-corrected chi connectivity index (χ3v) is 3.94. The number of nitrogens with one attached hydrogen (secondary N) is 1. The number of benzene rings is 2. The fourth-order valence-corrected chi connectivity index (χ4v) is 2.44. The molecule has 138 valence electrons. The van der Waals surface area contributed by atoms with Gasteiger partial charge in [-0.1, -0.05) is 29.8 Å². The monoisotopic (exact) mass is 384 g/mol. The Morgan fingerprint density at radius 1 is 1.15 bits per heavy atom. The Hall–Kier alpha value is -3.12. The zero-order valence-electron chi connectivity index (χ0n) is 14.5. The van der Waals surface area contributed by atoms with Crippen LogP contribution in [0.2, 0.25) is 5.02 Å². The quantitative estimate of drug-likeness (QED) is 0.647. The molecule has 6 nitrogen and oxygen atoms in total. The highest BCUT2D eigenvalue weighted by molar-refractivity contribution is 6.30. The Morgan fingerprint density at radius 2 is 1.85 bits per heavy atom. The van der Waals surface area contributed by atoms with Crippen molar-refractivity contribution in [2.75, 3.05) is 5.32 Å². The van der Waals surface area contributed by atoms with E-state index in [1.54, 1.807) is 24.3 Å². The number of carbonyl (C=O) groups excluding carboxylic acids is 2. The summed E-state index contributed by atoms with van der Waals surface area (Å²) in [6.45, 7) is 1.50. The van der Waals surface area contributed by atoms with Gasteiger partial charge in [0.1, 0.15) is 6.26 Å². The molecule has 27 heavy (non-hydrogen) atoms. The first-order valence-corrected chi connectivity index (χ1v) is 8.65. The third kappa shape index (κ3) is 5.18. The van der Waals surface area contributed by atoms with Gasteiger partial charge in [0, 0.05) is 16.3 Å². The molecule has 3 aromatic rings. The molecule has 2 aromatic carbocycles. The second-order valence-corrected chi connectivity index (χ2v) is 6.25. The summed E-state index contributed by atoms with van der Waals surface area (Å²) in [5.41, 5.74) is 1.81. The van der Waals surface area contributed by atoms with E-state index in [9.17, 15) is 9.59 Å². The fourth-order valence-electron chi connectivity index (χ4n) is 2.32. The molecule has 1 aromatic heterocycles. The van der Waals surface area contributed by atoms with Crippen molar-refractivity contribution in [3.63, 3.8) is 0 Å². The predicted molar refractivity (Wildman–Crippen MR) is 101 cm³/mol. The second kappa shape index (κ2) is 8.51. The maximum absolute atomic E-state index is 12.1. The molecule has 1 N–H and O–H groups in total. The number of hydrogen-bond acceptors (Lipinski definition) is 5. The first-order valence-electron chi connectivity index (χ1n) is 8.27. The molecule has 1 unspecified atom stereocenters. The maximum atomic E-state index is 12.1. The van der Waals surface area contributed by atoms with Crippen molar-refractivity contribution < 1.29 is 18.7 Å². The van der Waals surface area contributed by atoms with Gasteiger partial charge in [0.25, 0.3) is 5.91 Å². The summed E-state index contributed by atoms with van der Waals surface area (Å²) in [4.78, 5) is 28.5. The Bertz CT molecular complexity index is 923. The van der Waals surface area contributed by atoms with Crippen LogP contribution in [0.1, 0.15) is 12.6 Å². The molecule has 0 saturated heterocycles. The highest BCUT2D eigenvalue weighted by Gasteiger charge is 2.19. The van der Waals surface area contributed by atoms with Crippen molar-refractivity contribution in [1.29, 1.82) is 0 Å². The van der Waals surface area contributed by atoms with Crippen molar-refractivity contribution in [2.24, 2.45) is 0 Å². The number of rotatable bonds is 6. The first kappa shape index (κ1) is 18.7. The maximum Gasteiger partial charge on any atom is 0.312 e. The van der Waals surface area contributed by atoms with Gasteiger partial charge in [-0.05, 0) is 43.3 Å². The van der Waals surface area contributed by atoms with Crippen LogP contribution in [0.5, 0.6) is 0 Å². The van der Waals surface area contributed by atoms with E-state index in [2.05, 4.69) is 10.3 Å². The van der Waals surface area contributed by atoms with Gasteiger partial charge >= 0.3 is 5.97 Å². The number of nitrogens with zero attached hydrogens (tertiary/aromatic N) is 1. The Morgan fingerprint density at radius 3 is 2.56 bits per heavy atom. The standard InChI is InChI=1S/C20H17ClN2O4/c1-13(19(25)22-16-9-7-15(21)8-10-16)27-18(24)11-17-12-26-20(23-17)14-5-3-2-4-6-14/h2-10,12-13H,11H2,1H3,(H,22,25). The lowest BCUT2D eigenvalue weighted by Gasteiger charge is -2.13. The summed E-state index contributed by atoms with van der Waals surface area (Å²) < 4.78 is 10.6. The van der Waals surface area contributed by atoms with Gasteiger partial charge in [0.15, 0.2) is 6.10 Å². The average molecular weight is 385 g/mol. The number of oxazole rings is 1. The molecule has 3 rings (SSSR count). The lowest BCUT2D eigenvalue weighted by molar-refractivity contribution is -0.152. The molecule has 0 aliphatic rings. The van der Waals surface area contributed by atoms with E-state index in [1.807, 2.05) is 30.3 Å². The zero-order valence-corrected chi connectivity index (χ0v) is 15.3. The summed E-state index contributed by atoms with van der Waals surface area (Å²) in [5, 5.41) is 3.22. The molecule has 0 bridgehead atoms. The summed E-state index contributed by atoms with van der Waals surface area (Å²) in [7, 11) is 0. The van der Waals surface area contributed by atoms with Gasteiger partial charge in [0.05, 0.1) is 12.1 Å². The first-order chi connectivity index (χ1) is 13.0. The molecule has 0 saturated carbocycles. The number of aromatic nitrogens is 1. The van der Waals surface area contributed by atoms with Crippen LogP contribution < -0.4 is 5.32 Å². The normalized spacial score (nSPS) is 11.6. The van der Waals surface area contributed by atoms with E-state index >= 15 is 0 Å². The van der Waals surface area contributed by atoms with E-state index < -0.39 is 18.0 Å². The summed E-state index contributed by atoms with van der Waals surface area (Å²) >= 11 is 5.80. The van der Waals surface area contributed by atoms with Crippen LogP contribution in [-0.2, 0) is 20.7 Å². The van der Waals surface area contributed by atoms with Crippen molar-refractivity contribution >= 4 is 29.2 Å². The van der Waals surface area contributed by atoms with E-state index in [0.717, 1.165) is 5.56 Å². The summed E-state index contributed by atoms with van der Waals surface area (Å²) in [6, 6.07) is 16.0. The lowest BCUT2D eigenvalue weighted by atomic mass is 10.2. The highest BCUT2D eigenvalue weighted by Crippen LogP contribution is 2.18. The smallest absolute Gasteiger partial charge is 0.312 e. The van der Waals surface area contributed by atoms with E-state index in [1.165, 1.54) is 13.2 Å². The second-order valence-electron chi connectivity index (χ2n) is 5.82. The number of anilines is 1. The van der Waals surface area contributed by atoms with Gasteiger partial charge in [0.2, 0.25) is 5.89 Å². The molecule has 1 atom stereocenters. The molecule has 7 heteroatoms. The van der Waals surface area contributed by atoms with Gasteiger partial charge in [-0.3, -0.25) is 9.59 Å². The van der Waals surface area contributed by atoms with Crippen molar-refractivity contribution in [3.05, 3.63) is 71.6 Å². The van der Waals surface area contributed by atoms with Crippen LogP contribution in [0.25, 0.3) is 11.5 Å². The number of hydrogen-bond donors (Lipinski definition) is 1. The molecule has 0 aliphatic heterocycles. The third-order valence-electron chi connectivity index (χ3n) is 3.69. The topological polar surface area (TPSA) is 81.4 Å². The Kier molecular flexibility index (Phi) is 5.88. The molecule has 1 heterocycles. The molecule has 1 amide bonds. The number of halogens is 1. The zero-order chi connectivity index (χ0) is 19.2. The molecular weight excluding hydrogens is 368 g/mol. The van der Waals surface area contributed by atoms with Crippen LogP contribution in [0.4, 0.5) is 5.69 Å². The average Bonchev–Trinajstić information content (AvgIpc) is 3.12. The van der Waals surface area contributed by atoms with Crippen molar-refractivity contribution in [1.82, 2.24) is 4.98 Å². The number of carbonyl (C=O) groups is 2. The highest BCUT2D eigenvalue weighted by atomic mass is 35.5. The molecule has 0 radical (unpaired) electrons. The van der Waals surface area contributed by atoms with E-state index in [4.69, 9.17) is 20.8 Å². The minimum atomic E-state index is -0.950. The molecule has 0 aliphatic carbocycles. The van der Waals surface area contributed by atoms with Crippen LogP contribution in [-0.4, -0.2) is 23.0 Å². The van der Waals surface area contributed by atoms with Gasteiger partial charge < -0.3 is 14.5 Å². The van der Waals surface area contributed by atoms with E-state index in [-0.39, 0.29) is 6.42 Å². The van der Waals surface area contributed by atoms with Crippen LogP contribution in [0.3, 0.4) is 0 Å². The van der Waals surface area contributed by atoms with Crippen LogP contribution in [0, 0.1) is 0 Å². The van der Waals surface area contributed by atoms with E-state index in [0.29, 0.717) is 22.3 Å². The fraction of sp³-hybridized carbons (Fsp3) is 0.150. The molecular formula is C20H17ClN2O4. The number of esters is 1. The SMILES string of the molecule is CC(OC(=O)Cc1coc(-c2ccccc2)n1)C(=O)Nc1ccc(Cl)cc1. The van der Waals surface area contributed by atoms with Gasteiger partial charge in [-0.15, -0.1) is 0 Å². The minimum absolute atomic E-state index is 0.0884. The van der Waals surface area contributed by atoms with Crippen LogP contribution in [0.15, 0.2) is 65.3 Å². The summed E-state index contributed by atoms with van der Waals surface area (Å²) in [5.74, 6) is -0.579. The van der Waals surface area contributed by atoms with Crippen molar-refractivity contribution in [3.8, 4) is 11.5 Å². The molecule has 0 fully saturated rings.